The molecule has 1 aliphatic rings. The lowest BCUT2D eigenvalue weighted by Crippen LogP contribution is -2.21. The van der Waals surface area contributed by atoms with E-state index in [1.165, 1.54) is 0 Å². The highest BCUT2D eigenvalue weighted by Gasteiger charge is 2.32. The lowest BCUT2D eigenvalue weighted by molar-refractivity contribution is -0.141. The molecule has 11 heavy (non-hydrogen) atoms. The van der Waals surface area contributed by atoms with E-state index in [0.717, 1.165) is 0 Å². The van der Waals surface area contributed by atoms with E-state index in [0.29, 0.717) is 19.3 Å². The normalized spacial score (nSPS) is 30.2. The second kappa shape index (κ2) is 2.90. The van der Waals surface area contributed by atoms with Crippen LogP contribution in [0.3, 0.4) is 0 Å². The highest BCUT2D eigenvalue weighted by Crippen LogP contribution is 2.30. The van der Waals surface area contributed by atoms with Gasteiger partial charge in [-0.15, -0.1) is 0 Å². The summed E-state index contributed by atoms with van der Waals surface area (Å²) >= 11 is 0. The van der Waals surface area contributed by atoms with Crippen molar-refractivity contribution < 1.29 is 14.7 Å². The van der Waals surface area contributed by atoms with Crippen molar-refractivity contribution in [1.82, 2.24) is 0 Å². The summed E-state index contributed by atoms with van der Waals surface area (Å²) in [6, 6.07) is 0. The van der Waals surface area contributed by atoms with Crippen LogP contribution in [0.5, 0.6) is 0 Å². The van der Waals surface area contributed by atoms with E-state index in [4.69, 9.17) is 10.8 Å². The zero-order valence-electron chi connectivity index (χ0n) is 6.12. The van der Waals surface area contributed by atoms with Crippen molar-refractivity contribution in [3.8, 4) is 0 Å². The number of amides is 1. The van der Waals surface area contributed by atoms with Crippen molar-refractivity contribution in [2.24, 2.45) is 17.6 Å². The van der Waals surface area contributed by atoms with Gasteiger partial charge in [0.1, 0.15) is 0 Å². The maximum Gasteiger partial charge on any atom is 0.306 e. The van der Waals surface area contributed by atoms with Crippen LogP contribution in [0.4, 0.5) is 0 Å². The first kappa shape index (κ1) is 8.04. The molecule has 0 aromatic heterocycles. The molecule has 62 valence electrons. The van der Waals surface area contributed by atoms with Crippen LogP contribution in [0.15, 0.2) is 0 Å². The minimum atomic E-state index is -0.811. The van der Waals surface area contributed by atoms with Crippen LogP contribution in [0.25, 0.3) is 0 Å². The summed E-state index contributed by atoms with van der Waals surface area (Å²) in [7, 11) is 0. The third-order valence-electron chi connectivity index (χ3n) is 2.18. The summed E-state index contributed by atoms with van der Waals surface area (Å²) in [6.45, 7) is 0. The molecule has 0 heterocycles. The zero-order chi connectivity index (χ0) is 8.43. The molecule has 0 unspecified atom stereocenters. The van der Waals surface area contributed by atoms with Crippen LogP contribution in [0, 0.1) is 11.8 Å². The number of carboxylic acids is 1. The van der Waals surface area contributed by atoms with Gasteiger partial charge in [0, 0.05) is 5.92 Å². The minimum Gasteiger partial charge on any atom is -0.481 e. The van der Waals surface area contributed by atoms with Gasteiger partial charge in [0.25, 0.3) is 0 Å². The molecular weight excluding hydrogens is 146 g/mol. The number of nitrogens with two attached hydrogens (primary N) is 1. The number of carboxylic acid groups (broad SMARTS) is 1. The quantitative estimate of drug-likeness (QED) is 0.590. The molecule has 4 nitrogen and oxygen atoms in total. The third kappa shape index (κ3) is 1.69. The first-order chi connectivity index (χ1) is 5.11. The van der Waals surface area contributed by atoms with Gasteiger partial charge in [-0.05, 0) is 19.3 Å². The maximum absolute atomic E-state index is 10.6. The van der Waals surface area contributed by atoms with E-state index in [1.54, 1.807) is 0 Å². The SMILES string of the molecule is NC(=O)[C@@H]1CC[C@H](C(=O)O)C1. The third-order valence-corrected chi connectivity index (χ3v) is 2.18. The number of carbonyl (C=O) groups is 2. The number of hydrogen-bond donors (Lipinski definition) is 2. The first-order valence-electron chi connectivity index (χ1n) is 3.63. The Balaban J connectivity index is 2.47. The average molecular weight is 157 g/mol. The summed E-state index contributed by atoms with van der Waals surface area (Å²) < 4.78 is 0. The molecule has 1 saturated carbocycles. The number of primary amides is 1. The molecular formula is C7H11NO3. The monoisotopic (exact) mass is 157 g/mol. The summed E-state index contributed by atoms with van der Waals surface area (Å²) in [5.41, 5.74) is 5.03. The molecule has 0 aromatic carbocycles. The van der Waals surface area contributed by atoms with Crippen LogP contribution < -0.4 is 5.73 Å². The zero-order valence-corrected chi connectivity index (χ0v) is 6.12. The molecule has 1 rings (SSSR count). The van der Waals surface area contributed by atoms with Gasteiger partial charge < -0.3 is 10.8 Å². The minimum absolute atomic E-state index is 0.212. The van der Waals surface area contributed by atoms with Crippen LogP contribution in [-0.2, 0) is 9.59 Å². The van der Waals surface area contributed by atoms with Crippen LogP contribution in [0.2, 0.25) is 0 Å². The van der Waals surface area contributed by atoms with Crippen molar-refractivity contribution in [3.63, 3.8) is 0 Å². The van der Waals surface area contributed by atoms with Gasteiger partial charge in [0.2, 0.25) is 5.91 Å². The van der Waals surface area contributed by atoms with Gasteiger partial charge in [0.05, 0.1) is 5.92 Å². The van der Waals surface area contributed by atoms with E-state index < -0.39 is 5.97 Å². The van der Waals surface area contributed by atoms with Crippen molar-refractivity contribution >= 4 is 11.9 Å². The fraction of sp³-hybridized carbons (Fsp3) is 0.714. The van der Waals surface area contributed by atoms with Gasteiger partial charge >= 0.3 is 5.97 Å². The average Bonchev–Trinajstić information content (AvgIpc) is 2.33. The van der Waals surface area contributed by atoms with Gasteiger partial charge in [-0.2, -0.15) is 0 Å². The fourth-order valence-corrected chi connectivity index (χ4v) is 1.46. The maximum atomic E-state index is 10.6. The van der Waals surface area contributed by atoms with Crippen molar-refractivity contribution in [1.29, 1.82) is 0 Å². The lowest BCUT2D eigenvalue weighted by atomic mass is 10.1. The van der Waals surface area contributed by atoms with Crippen molar-refractivity contribution in [2.75, 3.05) is 0 Å². The Bertz CT molecular complexity index is 170. The van der Waals surface area contributed by atoms with Gasteiger partial charge in [-0.1, -0.05) is 0 Å². The Morgan fingerprint density at radius 3 is 2.09 bits per heavy atom. The molecule has 0 radical (unpaired) electrons. The molecule has 4 heteroatoms. The van der Waals surface area contributed by atoms with E-state index in [1.807, 2.05) is 0 Å². The number of aliphatic carboxylic acids is 1. The predicted octanol–water partition coefficient (Wildman–Crippen LogP) is -0.0274. The molecule has 0 bridgehead atoms. The molecule has 1 amide bonds. The number of rotatable bonds is 2. The second-order valence-electron chi connectivity index (χ2n) is 2.95. The Hall–Kier alpha value is -1.06. The largest absolute Gasteiger partial charge is 0.481 e. The topological polar surface area (TPSA) is 80.4 Å². The first-order valence-corrected chi connectivity index (χ1v) is 3.63. The van der Waals surface area contributed by atoms with Gasteiger partial charge in [-0.3, -0.25) is 9.59 Å². The number of hydrogen-bond acceptors (Lipinski definition) is 2. The Kier molecular flexibility index (Phi) is 2.12. The highest BCUT2D eigenvalue weighted by atomic mass is 16.4. The summed E-state index contributed by atoms with van der Waals surface area (Å²) in [6.07, 6.45) is 1.64. The second-order valence-corrected chi connectivity index (χ2v) is 2.95. The predicted molar refractivity (Wildman–Crippen MR) is 37.7 cm³/mol. The Morgan fingerprint density at radius 2 is 1.82 bits per heavy atom. The molecule has 0 spiro atoms. The van der Waals surface area contributed by atoms with Gasteiger partial charge in [0.15, 0.2) is 0 Å². The molecule has 1 aliphatic carbocycles. The van der Waals surface area contributed by atoms with Crippen LogP contribution in [-0.4, -0.2) is 17.0 Å². The summed E-state index contributed by atoms with van der Waals surface area (Å²) in [5, 5.41) is 8.56. The van der Waals surface area contributed by atoms with Crippen LogP contribution in [0.1, 0.15) is 19.3 Å². The molecule has 0 aliphatic heterocycles. The Labute approximate surface area is 64.4 Å². The molecule has 0 aromatic rings. The highest BCUT2D eigenvalue weighted by molar-refractivity contribution is 5.79. The van der Waals surface area contributed by atoms with Crippen molar-refractivity contribution in [3.05, 3.63) is 0 Å². The molecule has 1 fully saturated rings. The fourth-order valence-electron chi connectivity index (χ4n) is 1.46. The summed E-state index contributed by atoms with van der Waals surface area (Å²) in [4.78, 5) is 21.0. The standard InChI is InChI=1S/C7H11NO3/c8-6(9)4-1-2-5(3-4)7(10)11/h4-5H,1-3H2,(H2,8,9)(H,10,11)/t4-,5+/m1/s1. The Morgan fingerprint density at radius 1 is 1.27 bits per heavy atom. The molecule has 3 N–H and O–H groups in total. The van der Waals surface area contributed by atoms with Crippen LogP contribution >= 0.6 is 0 Å². The smallest absolute Gasteiger partial charge is 0.306 e. The lowest BCUT2D eigenvalue weighted by Gasteiger charge is -2.02. The molecule has 0 saturated heterocycles. The van der Waals surface area contributed by atoms with E-state index in [-0.39, 0.29) is 17.7 Å². The number of carbonyl (C=O) groups excluding carboxylic acids is 1. The van der Waals surface area contributed by atoms with E-state index in [9.17, 15) is 9.59 Å². The van der Waals surface area contributed by atoms with E-state index >= 15 is 0 Å². The summed E-state index contributed by atoms with van der Waals surface area (Å²) in [5.74, 6) is -1.74. The van der Waals surface area contributed by atoms with Gasteiger partial charge in [-0.25, -0.2) is 0 Å². The molecule has 2 atom stereocenters. The van der Waals surface area contributed by atoms with Crippen molar-refractivity contribution in [2.45, 2.75) is 19.3 Å². The van der Waals surface area contributed by atoms with E-state index in [2.05, 4.69) is 0 Å².